The predicted molar refractivity (Wildman–Crippen MR) is 127 cm³/mol. The van der Waals surface area contributed by atoms with E-state index in [0.29, 0.717) is 23.0 Å². The lowest BCUT2D eigenvalue weighted by atomic mass is 9.86. The summed E-state index contributed by atoms with van der Waals surface area (Å²) in [5, 5.41) is 10.7. The Morgan fingerprint density at radius 3 is 2.79 bits per heavy atom. The lowest BCUT2D eigenvalue weighted by Crippen LogP contribution is -2.26. The van der Waals surface area contributed by atoms with Crippen LogP contribution < -0.4 is 21.1 Å². The number of hydrogen-bond acceptors (Lipinski definition) is 7. The Bertz CT molecular complexity index is 1390. The Kier molecular flexibility index (Phi) is 4.79. The molecule has 2 aromatic carbocycles. The normalized spacial score (nSPS) is 15.2. The van der Waals surface area contributed by atoms with Gasteiger partial charge >= 0.3 is 0 Å². The van der Waals surface area contributed by atoms with Gasteiger partial charge in [-0.25, -0.2) is 4.52 Å². The molecule has 3 heterocycles. The average molecular weight is 444 g/mol. The first-order chi connectivity index (χ1) is 15.8. The fourth-order valence-corrected chi connectivity index (χ4v) is 4.05. The maximum absolute atomic E-state index is 12.2. The van der Waals surface area contributed by atoms with Crippen molar-refractivity contribution in [3.8, 4) is 17.0 Å². The fourth-order valence-electron chi connectivity index (χ4n) is 4.05. The molecule has 0 spiro atoms. The molecule has 0 saturated carbocycles. The van der Waals surface area contributed by atoms with E-state index < -0.39 is 5.41 Å². The number of fused-ring (bicyclic) bond motifs is 2. The molecule has 5 rings (SSSR count). The van der Waals surface area contributed by atoms with Crippen LogP contribution in [0.15, 0.2) is 48.8 Å². The second-order valence-electron chi connectivity index (χ2n) is 8.69. The van der Waals surface area contributed by atoms with Crippen molar-refractivity contribution in [2.75, 3.05) is 17.7 Å². The number of nitrogens with zero attached hydrogens (tertiary/aromatic N) is 4. The molecule has 9 nitrogen and oxygen atoms in total. The van der Waals surface area contributed by atoms with Crippen LogP contribution in [-0.4, -0.2) is 32.6 Å². The van der Waals surface area contributed by atoms with Crippen molar-refractivity contribution in [2.45, 2.75) is 32.2 Å². The standard InChI is InChI=1S/C24H25N7O2/c1-13(25)14-5-8-19(33-4)16(11-14)20-21-29-23(30-31(21)10-9-26-20)27-15-6-7-17-18(12-15)28-22(32)24(17,2)3/h5-13H,25H2,1-4H3,(H,27,30)(H,28,32)/t13-/m1/s1. The third-order valence-corrected chi connectivity index (χ3v) is 6.02. The van der Waals surface area contributed by atoms with Crippen LogP contribution in [0.25, 0.3) is 16.9 Å². The highest BCUT2D eigenvalue weighted by Gasteiger charge is 2.38. The number of benzene rings is 2. The summed E-state index contributed by atoms with van der Waals surface area (Å²) >= 11 is 0. The van der Waals surface area contributed by atoms with Gasteiger partial charge in [0.1, 0.15) is 11.4 Å². The lowest BCUT2D eigenvalue weighted by Gasteiger charge is -2.14. The molecule has 0 radical (unpaired) electrons. The van der Waals surface area contributed by atoms with Gasteiger partial charge in [-0.2, -0.15) is 4.98 Å². The number of carbonyl (C=O) groups excluding carboxylic acids is 1. The first-order valence-corrected chi connectivity index (χ1v) is 10.7. The largest absolute Gasteiger partial charge is 0.496 e. The number of methoxy groups -OCH3 is 1. The smallest absolute Gasteiger partial charge is 0.247 e. The minimum Gasteiger partial charge on any atom is -0.496 e. The summed E-state index contributed by atoms with van der Waals surface area (Å²) in [7, 11) is 1.62. The first-order valence-electron chi connectivity index (χ1n) is 10.7. The summed E-state index contributed by atoms with van der Waals surface area (Å²) in [6, 6.07) is 11.4. The van der Waals surface area contributed by atoms with Gasteiger partial charge in [0.25, 0.3) is 0 Å². The zero-order valence-electron chi connectivity index (χ0n) is 18.9. The average Bonchev–Trinajstić information content (AvgIpc) is 3.30. The van der Waals surface area contributed by atoms with E-state index >= 15 is 0 Å². The van der Waals surface area contributed by atoms with Crippen molar-refractivity contribution >= 4 is 28.9 Å². The van der Waals surface area contributed by atoms with Gasteiger partial charge in [-0.1, -0.05) is 12.1 Å². The SMILES string of the molecule is COc1ccc([C@@H](C)N)cc1-c1nccn2nc(Nc3ccc4c(c3)NC(=O)C4(C)C)nc12. The molecule has 0 saturated heterocycles. The molecule has 9 heteroatoms. The molecule has 1 amide bonds. The van der Waals surface area contributed by atoms with Crippen LogP contribution in [0.4, 0.5) is 17.3 Å². The summed E-state index contributed by atoms with van der Waals surface area (Å²) in [5.41, 5.74) is 11.0. The molecule has 1 aliphatic rings. The zero-order valence-corrected chi connectivity index (χ0v) is 18.9. The number of anilines is 3. The second kappa shape index (κ2) is 7.56. The molecule has 4 N–H and O–H groups in total. The summed E-state index contributed by atoms with van der Waals surface area (Å²) in [4.78, 5) is 21.5. The summed E-state index contributed by atoms with van der Waals surface area (Å²) in [6.07, 6.45) is 3.41. The third-order valence-electron chi connectivity index (χ3n) is 6.02. The minimum absolute atomic E-state index is 0.0146. The molecular formula is C24H25N7O2. The van der Waals surface area contributed by atoms with E-state index in [-0.39, 0.29) is 11.9 Å². The molecule has 2 aromatic heterocycles. The van der Waals surface area contributed by atoms with Crippen molar-refractivity contribution < 1.29 is 9.53 Å². The van der Waals surface area contributed by atoms with Gasteiger partial charge in [0, 0.05) is 35.4 Å². The van der Waals surface area contributed by atoms with Crippen LogP contribution in [0.5, 0.6) is 5.75 Å². The maximum atomic E-state index is 12.2. The minimum atomic E-state index is -0.551. The number of amides is 1. The number of aromatic nitrogens is 4. The fraction of sp³-hybridized carbons (Fsp3) is 0.250. The van der Waals surface area contributed by atoms with Crippen molar-refractivity contribution in [2.24, 2.45) is 5.73 Å². The molecule has 1 aliphatic heterocycles. The number of nitrogens with two attached hydrogens (primary N) is 1. The van der Waals surface area contributed by atoms with Gasteiger partial charge in [-0.3, -0.25) is 9.78 Å². The van der Waals surface area contributed by atoms with Crippen LogP contribution in [0, 0.1) is 0 Å². The molecular weight excluding hydrogens is 418 g/mol. The van der Waals surface area contributed by atoms with E-state index in [1.54, 1.807) is 24.0 Å². The third kappa shape index (κ3) is 3.46. The highest BCUT2D eigenvalue weighted by Crippen LogP contribution is 2.39. The summed E-state index contributed by atoms with van der Waals surface area (Å²) in [5.74, 6) is 1.07. The lowest BCUT2D eigenvalue weighted by molar-refractivity contribution is -0.119. The van der Waals surface area contributed by atoms with Crippen molar-refractivity contribution in [3.05, 3.63) is 59.9 Å². The Labute approximate surface area is 191 Å². The van der Waals surface area contributed by atoms with Crippen LogP contribution in [0.3, 0.4) is 0 Å². The zero-order chi connectivity index (χ0) is 23.3. The number of ether oxygens (including phenoxy) is 1. The van der Waals surface area contributed by atoms with E-state index in [1.807, 2.05) is 57.2 Å². The van der Waals surface area contributed by atoms with Crippen molar-refractivity contribution in [1.82, 2.24) is 19.6 Å². The van der Waals surface area contributed by atoms with E-state index in [1.165, 1.54) is 0 Å². The number of carbonyl (C=O) groups is 1. The van der Waals surface area contributed by atoms with E-state index in [0.717, 1.165) is 28.1 Å². The van der Waals surface area contributed by atoms with E-state index in [2.05, 4.69) is 25.7 Å². The molecule has 168 valence electrons. The monoisotopic (exact) mass is 443 g/mol. The summed E-state index contributed by atoms with van der Waals surface area (Å²) < 4.78 is 7.23. The van der Waals surface area contributed by atoms with E-state index in [9.17, 15) is 4.79 Å². The molecule has 4 aromatic rings. The maximum Gasteiger partial charge on any atom is 0.247 e. The Morgan fingerprint density at radius 2 is 2.03 bits per heavy atom. The highest BCUT2D eigenvalue weighted by atomic mass is 16.5. The Hall–Kier alpha value is -3.98. The highest BCUT2D eigenvalue weighted by molar-refractivity contribution is 6.06. The van der Waals surface area contributed by atoms with Gasteiger partial charge in [-0.15, -0.1) is 5.10 Å². The number of nitrogens with one attached hydrogen (secondary N) is 2. The topological polar surface area (TPSA) is 119 Å². The molecule has 1 atom stereocenters. The molecule has 0 unspecified atom stereocenters. The van der Waals surface area contributed by atoms with Crippen molar-refractivity contribution in [3.63, 3.8) is 0 Å². The van der Waals surface area contributed by atoms with Crippen LogP contribution in [0.2, 0.25) is 0 Å². The van der Waals surface area contributed by atoms with E-state index in [4.69, 9.17) is 10.5 Å². The molecule has 0 aliphatic carbocycles. The van der Waals surface area contributed by atoms with Crippen LogP contribution in [0.1, 0.15) is 37.9 Å². The Balaban J connectivity index is 1.53. The van der Waals surface area contributed by atoms with Gasteiger partial charge in [0.15, 0.2) is 5.65 Å². The number of hydrogen-bond donors (Lipinski definition) is 3. The Morgan fingerprint density at radius 1 is 1.21 bits per heavy atom. The molecule has 33 heavy (non-hydrogen) atoms. The number of rotatable bonds is 5. The van der Waals surface area contributed by atoms with Gasteiger partial charge < -0.3 is 21.1 Å². The predicted octanol–water partition coefficient (Wildman–Crippen LogP) is 3.79. The van der Waals surface area contributed by atoms with Gasteiger partial charge in [0.05, 0.1) is 12.5 Å². The van der Waals surface area contributed by atoms with Crippen LogP contribution in [-0.2, 0) is 10.2 Å². The summed E-state index contributed by atoms with van der Waals surface area (Å²) in [6.45, 7) is 5.75. The van der Waals surface area contributed by atoms with Crippen LogP contribution >= 0.6 is 0 Å². The second-order valence-corrected chi connectivity index (χ2v) is 8.69. The molecule has 0 fully saturated rings. The first kappa shape index (κ1) is 20.9. The quantitative estimate of drug-likeness (QED) is 0.429. The molecule has 0 bridgehead atoms. The van der Waals surface area contributed by atoms with Crippen molar-refractivity contribution in [1.29, 1.82) is 0 Å². The van der Waals surface area contributed by atoms with Gasteiger partial charge in [0.2, 0.25) is 11.9 Å². The van der Waals surface area contributed by atoms with Gasteiger partial charge in [-0.05, 0) is 56.2 Å².